The molecule has 0 spiro atoms. The van der Waals surface area contributed by atoms with Crippen molar-refractivity contribution in [1.82, 2.24) is 15.2 Å². The van der Waals surface area contributed by atoms with Crippen LogP contribution in [-0.4, -0.2) is 42.0 Å². The molecule has 0 atom stereocenters. The maximum atomic E-state index is 12.2. The van der Waals surface area contributed by atoms with Crippen molar-refractivity contribution in [3.63, 3.8) is 0 Å². The van der Waals surface area contributed by atoms with Crippen molar-refractivity contribution in [2.24, 2.45) is 0 Å². The van der Waals surface area contributed by atoms with Crippen molar-refractivity contribution < 1.29 is 4.79 Å². The van der Waals surface area contributed by atoms with E-state index in [-0.39, 0.29) is 5.91 Å². The minimum Gasteiger partial charge on any atom is -0.349 e. The van der Waals surface area contributed by atoms with Crippen LogP contribution in [0.15, 0.2) is 30.3 Å². The fourth-order valence-electron chi connectivity index (χ4n) is 2.48. The molecule has 0 aliphatic rings. The van der Waals surface area contributed by atoms with E-state index in [0.717, 1.165) is 37.0 Å². The quantitative estimate of drug-likeness (QED) is 0.855. The molecule has 1 aromatic heterocycles. The fourth-order valence-corrected chi connectivity index (χ4v) is 2.48. The molecule has 0 saturated heterocycles. The smallest absolute Gasteiger partial charge is 0.269 e. The first-order valence-corrected chi connectivity index (χ1v) is 8.08. The molecule has 0 radical (unpaired) electrons. The lowest BCUT2D eigenvalue weighted by molar-refractivity contribution is 0.0944. The zero-order chi connectivity index (χ0) is 15.9. The number of pyridine rings is 1. The van der Waals surface area contributed by atoms with Crippen LogP contribution in [0.4, 0.5) is 0 Å². The molecule has 1 aromatic carbocycles. The summed E-state index contributed by atoms with van der Waals surface area (Å²) in [5, 5.41) is 4.02. The van der Waals surface area contributed by atoms with E-state index in [1.807, 2.05) is 12.1 Å². The highest BCUT2D eigenvalue weighted by molar-refractivity contribution is 5.94. The lowest BCUT2D eigenvalue weighted by atomic mass is 10.1. The number of hydrogen-bond donors (Lipinski definition) is 1. The summed E-state index contributed by atoms with van der Waals surface area (Å²) in [6.07, 6.45) is 1.00. The lowest BCUT2D eigenvalue weighted by Gasteiger charge is -2.17. The van der Waals surface area contributed by atoms with Gasteiger partial charge in [0, 0.05) is 18.5 Å². The van der Waals surface area contributed by atoms with Crippen molar-refractivity contribution in [3.05, 3.63) is 41.6 Å². The van der Waals surface area contributed by atoms with Gasteiger partial charge in [-0.1, -0.05) is 32.9 Å². The lowest BCUT2D eigenvalue weighted by Crippen LogP contribution is -2.35. The Kier molecular flexibility index (Phi) is 5.90. The van der Waals surface area contributed by atoms with Gasteiger partial charge in [-0.15, -0.1) is 0 Å². The van der Waals surface area contributed by atoms with Gasteiger partial charge in [-0.25, -0.2) is 4.98 Å². The van der Waals surface area contributed by atoms with E-state index >= 15 is 0 Å². The Balaban J connectivity index is 2.02. The van der Waals surface area contributed by atoms with Crippen LogP contribution in [0.5, 0.6) is 0 Å². The van der Waals surface area contributed by atoms with E-state index < -0.39 is 0 Å². The molecule has 0 bridgehead atoms. The maximum Gasteiger partial charge on any atom is 0.269 e. The number of amides is 1. The molecule has 1 N–H and O–H groups in total. The Morgan fingerprint density at radius 3 is 2.59 bits per heavy atom. The van der Waals surface area contributed by atoms with Crippen LogP contribution >= 0.6 is 0 Å². The summed E-state index contributed by atoms with van der Waals surface area (Å²) in [5.74, 6) is -0.103. The standard InChI is InChI=1S/C18H25N3O/c1-4-14-7-9-16-15(13-14)8-10-17(20-16)18(22)19-11-12-21(5-2)6-3/h7-10,13H,4-6,11-12H2,1-3H3,(H,19,22). The van der Waals surface area contributed by atoms with Gasteiger partial charge in [0.25, 0.3) is 5.91 Å². The average molecular weight is 299 g/mol. The molecular formula is C18H25N3O. The second kappa shape index (κ2) is 7.90. The number of carbonyl (C=O) groups excluding carboxylic acids is 1. The van der Waals surface area contributed by atoms with Gasteiger partial charge in [-0.3, -0.25) is 4.79 Å². The normalized spacial score (nSPS) is 11.1. The largest absolute Gasteiger partial charge is 0.349 e. The third-order valence-corrected chi connectivity index (χ3v) is 4.00. The maximum absolute atomic E-state index is 12.2. The van der Waals surface area contributed by atoms with Gasteiger partial charge in [0.05, 0.1) is 5.52 Å². The van der Waals surface area contributed by atoms with E-state index in [0.29, 0.717) is 12.2 Å². The summed E-state index contributed by atoms with van der Waals surface area (Å²) in [6, 6.07) is 9.96. The number of hydrogen-bond acceptors (Lipinski definition) is 3. The van der Waals surface area contributed by atoms with Gasteiger partial charge in [-0.2, -0.15) is 0 Å². The number of aromatic nitrogens is 1. The first-order valence-electron chi connectivity index (χ1n) is 8.08. The Morgan fingerprint density at radius 2 is 1.91 bits per heavy atom. The number of nitrogens with zero attached hydrogens (tertiary/aromatic N) is 2. The molecule has 22 heavy (non-hydrogen) atoms. The molecule has 1 amide bonds. The second-order valence-corrected chi connectivity index (χ2v) is 5.36. The van der Waals surface area contributed by atoms with E-state index in [1.165, 1.54) is 5.56 Å². The first-order chi connectivity index (χ1) is 10.7. The minimum absolute atomic E-state index is 0.103. The van der Waals surface area contributed by atoms with Crippen LogP contribution in [0.3, 0.4) is 0 Å². The summed E-state index contributed by atoms with van der Waals surface area (Å²) >= 11 is 0. The highest BCUT2D eigenvalue weighted by Crippen LogP contribution is 2.15. The van der Waals surface area contributed by atoms with Crippen LogP contribution in [0.1, 0.15) is 36.8 Å². The molecule has 0 fully saturated rings. The predicted octanol–water partition coefficient (Wildman–Crippen LogP) is 2.87. The van der Waals surface area contributed by atoms with Gasteiger partial charge in [-0.05, 0) is 43.3 Å². The highest BCUT2D eigenvalue weighted by atomic mass is 16.1. The molecule has 118 valence electrons. The fraction of sp³-hybridized carbons (Fsp3) is 0.444. The molecule has 0 aliphatic carbocycles. The zero-order valence-corrected chi connectivity index (χ0v) is 13.7. The molecule has 0 saturated carbocycles. The third kappa shape index (κ3) is 4.04. The first kappa shape index (κ1) is 16.4. The third-order valence-electron chi connectivity index (χ3n) is 4.00. The van der Waals surface area contributed by atoms with Gasteiger partial charge >= 0.3 is 0 Å². The van der Waals surface area contributed by atoms with Crippen LogP contribution in [0.2, 0.25) is 0 Å². The molecule has 0 unspecified atom stereocenters. The van der Waals surface area contributed by atoms with Crippen molar-refractivity contribution in [1.29, 1.82) is 0 Å². The number of rotatable bonds is 7. The monoisotopic (exact) mass is 299 g/mol. The summed E-state index contributed by atoms with van der Waals surface area (Å²) in [6.45, 7) is 9.90. The van der Waals surface area contributed by atoms with Gasteiger partial charge in [0.2, 0.25) is 0 Å². The summed E-state index contributed by atoms with van der Waals surface area (Å²) in [7, 11) is 0. The van der Waals surface area contributed by atoms with Crippen molar-refractivity contribution in [2.45, 2.75) is 27.2 Å². The van der Waals surface area contributed by atoms with Crippen LogP contribution in [0, 0.1) is 0 Å². The number of aryl methyl sites for hydroxylation is 1. The molecule has 2 aromatic rings. The van der Waals surface area contributed by atoms with Crippen molar-refractivity contribution >= 4 is 16.8 Å². The molecule has 4 heteroatoms. The average Bonchev–Trinajstić information content (AvgIpc) is 2.57. The minimum atomic E-state index is -0.103. The molecular weight excluding hydrogens is 274 g/mol. The highest BCUT2D eigenvalue weighted by Gasteiger charge is 2.08. The number of nitrogens with one attached hydrogen (secondary N) is 1. The van der Waals surface area contributed by atoms with E-state index in [2.05, 4.69) is 48.1 Å². The van der Waals surface area contributed by atoms with Gasteiger partial charge < -0.3 is 10.2 Å². The van der Waals surface area contributed by atoms with E-state index in [9.17, 15) is 4.79 Å². The van der Waals surface area contributed by atoms with Crippen LogP contribution < -0.4 is 5.32 Å². The summed E-state index contributed by atoms with van der Waals surface area (Å²) in [4.78, 5) is 18.9. The number of fused-ring (bicyclic) bond motifs is 1. The Morgan fingerprint density at radius 1 is 1.14 bits per heavy atom. The molecule has 4 nitrogen and oxygen atoms in total. The predicted molar refractivity (Wildman–Crippen MR) is 91.2 cm³/mol. The molecule has 1 heterocycles. The topological polar surface area (TPSA) is 45.2 Å². The van der Waals surface area contributed by atoms with Crippen LogP contribution in [-0.2, 0) is 6.42 Å². The van der Waals surface area contributed by atoms with Crippen molar-refractivity contribution in [3.8, 4) is 0 Å². The Labute approximate surface area is 132 Å². The molecule has 2 rings (SSSR count). The SMILES string of the molecule is CCc1ccc2nc(C(=O)NCCN(CC)CC)ccc2c1. The Hall–Kier alpha value is -1.94. The second-order valence-electron chi connectivity index (χ2n) is 5.36. The summed E-state index contributed by atoms with van der Waals surface area (Å²) < 4.78 is 0. The van der Waals surface area contributed by atoms with Crippen molar-refractivity contribution in [2.75, 3.05) is 26.2 Å². The number of carbonyl (C=O) groups is 1. The number of likely N-dealkylation sites (N-methyl/N-ethyl adjacent to an activating group) is 1. The molecule has 0 aliphatic heterocycles. The number of benzene rings is 1. The van der Waals surface area contributed by atoms with Gasteiger partial charge in [0.1, 0.15) is 5.69 Å². The summed E-state index contributed by atoms with van der Waals surface area (Å²) in [5.41, 5.74) is 2.63. The van der Waals surface area contributed by atoms with E-state index in [4.69, 9.17) is 0 Å². The Bertz CT molecular complexity index is 635. The zero-order valence-electron chi connectivity index (χ0n) is 13.7. The van der Waals surface area contributed by atoms with Gasteiger partial charge in [0.15, 0.2) is 0 Å². The van der Waals surface area contributed by atoms with E-state index in [1.54, 1.807) is 6.07 Å². The van der Waals surface area contributed by atoms with Crippen LogP contribution in [0.25, 0.3) is 10.9 Å².